The van der Waals surface area contributed by atoms with Crippen molar-refractivity contribution >= 4 is 11.8 Å². The van der Waals surface area contributed by atoms with Crippen molar-refractivity contribution in [2.24, 2.45) is 5.92 Å². The van der Waals surface area contributed by atoms with Crippen LogP contribution in [-0.4, -0.2) is 49.6 Å². The van der Waals surface area contributed by atoms with Crippen molar-refractivity contribution in [1.82, 2.24) is 10.2 Å². The van der Waals surface area contributed by atoms with Crippen molar-refractivity contribution in [3.63, 3.8) is 0 Å². The highest BCUT2D eigenvalue weighted by molar-refractivity contribution is 5.97. The van der Waals surface area contributed by atoms with Gasteiger partial charge in [0.1, 0.15) is 11.5 Å². The molecule has 1 heterocycles. The standard InChI is InChI=1S/C25H30N2O4/c1-17-14-20(30-2)11-12-21(17)25(29)27-13-5-6-18(15-27)16-31-23-8-4-3-7-22(23)24(28)26-19-9-10-19/h3-4,7-8,11-12,14,18-19H,5-6,9-10,13,15-16H2,1-2H3,(H,26,28). The maximum atomic E-state index is 13.1. The highest BCUT2D eigenvalue weighted by Gasteiger charge is 2.27. The summed E-state index contributed by atoms with van der Waals surface area (Å²) in [6.07, 6.45) is 4.04. The molecule has 2 fully saturated rings. The van der Waals surface area contributed by atoms with Crippen LogP contribution >= 0.6 is 0 Å². The Labute approximate surface area is 183 Å². The number of rotatable bonds is 7. The van der Waals surface area contributed by atoms with E-state index in [1.54, 1.807) is 13.2 Å². The highest BCUT2D eigenvalue weighted by Crippen LogP contribution is 2.26. The quantitative estimate of drug-likeness (QED) is 0.736. The van der Waals surface area contributed by atoms with Crippen molar-refractivity contribution in [2.45, 2.75) is 38.6 Å². The number of para-hydroxylation sites is 1. The van der Waals surface area contributed by atoms with Crippen LogP contribution in [0.1, 0.15) is 52.0 Å². The molecule has 164 valence electrons. The number of hydrogen-bond acceptors (Lipinski definition) is 4. The van der Waals surface area contributed by atoms with E-state index in [9.17, 15) is 9.59 Å². The number of hydrogen-bond donors (Lipinski definition) is 1. The number of carbonyl (C=O) groups excluding carboxylic acids is 2. The van der Waals surface area contributed by atoms with E-state index in [-0.39, 0.29) is 17.7 Å². The lowest BCUT2D eigenvalue weighted by Gasteiger charge is -2.33. The number of nitrogens with zero attached hydrogens (tertiary/aromatic N) is 1. The number of aryl methyl sites for hydroxylation is 1. The van der Waals surface area contributed by atoms with Crippen molar-refractivity contribution in [1.29, 1.82) is 0 Å². The maximum Gasteiger partial charge on any atom is 0.255 e. The minimum Gasteiger partial charge on any atom is -0.497 e. The minimum atomic E-state index is -0.0754. The van der Waals surface area contributed by atoms with Crippen molar-refractivity contribution in [2.75, 3.05) is 26.8 Å². The first-order valence-electron chi connectivity index (χ1n) is 11.0. The number of benzene rings is 2. The van der Waals surface area contributed by atoms with Crippen LogP contribution in [0.4, 0.5) is 0 Å². The zero-order chi connectivity index (χ0) is 21.8. The number of methoxy groups -OCH3 is 1. The molecule has 1 N–H and O–H groups in total. The zero-order valence-electron chi connectivity index (χ0n) is 18.2. The third-order valence-corrected chi connectivity index (χ3v) is 5.99. The van der Waals surface area contributed by atoms with Gasteiger partial charge < -0.3 is 19.7 Å². The number of piperidine rings is 1. The lowest BCUT2D eigenvalue weighted by atomic mass is 9.97. The summed E-state index contributed by atoms with van der Waals surface area (Å²) in [7, 11) is 1.62. The first kappa shape index (κ1) is 21.2. The number of likely N-dealkylation sites (tertiary alicyclic amines) is 1. The number of nitrogens with one attached hydrogen (secondary N) is 1. The second-order valence-electron chi connectivity index (χ2n) is 8.50. The van der Waals surface area contributed by atoms with E-state index in [0.29, 0.717) is 36.1 Å². The molecule has 0 bridgehead atoms. The molecule has 1 atom stereocenters. The van der Waals surface area contributed by atoms with Crippen LogP contribution in [0.3, 0.4) is 0 Å². The normalized spacial score (nSPS) is 18.4. The molecule has 2 aliphatic rings. The van der Waals surface area contributed by atoms with E-state index in [2.05, 4.69) is 5.32 Å². The molecule has 1 unspecified atom stereocenters. The SMILES string of the molecule is COc1ccc(C(=O)N2CCCC(COc3ccccc3C(=O)NC3CC3)C2)c(C)c1. The van der Waals surface area contributed by atoms with Gasteiger partial charge in [-0.05, 0) is 68.5 Å². The van der Waals surface area contributed by atoms with Gasteiger partial charge in [0.15, 0.2) is 0 Å². The molecule has 2 aromatic rings. The molecular formula is C25H30N2O4. The summed E-state index contributed by atoms with van der Waals surface area (Å²) in [6.45, 7) is 3.82. The van der Waals surface area contributed by atoms with E-state index < -0.39 is 0 Å². The predicted molar refractivity (Wildman–Crippen MR) is 119 cm³/mol. The Bertz CT molecular complexity index is 954. The Morgan fingerprint density at radius 2 is 1.90 bits per heavy atom. The second-order valence-corrected chi connectivity index (χ2v) is 8.50. The summed E-state index contributed by atoms with van der Waals surface area (Å²) in [5.41, 5.74) is 2.20. The summed E-state index contributed by atoms with van der Waals surface area (Å²) in [5.74, 6) is 1.57. The fraction of sp³-hybridized carbons (Fsp3) is 0.440. The number of ether oxygens (including phenoxy) is 2. The first-order chi connectivity index (χ1) is 15.0. The third kappa shape index (κ3) is 5.19. The lowest BCUT2D eigenvalue weighted by Crippen LogP contribution is -2.41. The molecule has 1 aliphatic carbocycles. The molecule has 0 aromatic heterocycles. The summed E-state index contributed by atoms with van der Waals surface area (Å²) in [5, 5.41) is 3.02. The number of carbonyl (C=O) groups is 2. The van der Waals surface area contributed by atoms with Crippen LogP contribution in [0, 0.1) is 12.8 Å². The summed E-state index contributed by atoms with van der Waals surface area (Å²) in [6, 6.07) is 13.2. The van der Waals surface area contributed by atoms with Crippen LogP contribution < -0.4 is 14.8 Å². The molecule has 1 saturated carbocycles. The van der Waals surface area contributed by atoms with Gasteiger partial charge in [-0.1, -0.05) is 12.1 Å². The minimum absolute atomic E-state index is 0.0501. The Morgan fingerprint density at radius 1 is 1.10 bits per heavy atom. The Morgan fingerprint density at radius 3 is 2.65 bits per heavy atom. The number of amides is 2. The topological polar surface area (TPSA) is 67.9 Å². The Balaban J connectivity index is 1.37. The van der Waals surface area contributed by atoms with Gasteiger partial charge in [-0.3, -0.25) is 9.59 Å². The lowest BCUT2D eigenvalue weighted by molar-refractivity contribution is 0.0632. The fourth-order valence-electron chi connectivity index (χ4n) is 4.04. The highest BCUT2D eigenvalue weighted by atomic mass is 16.5. The largest absolute Gasteiger partial charge is 0.497 e. The summed E-state index contributed by atoms with van der Waals surface area (Å²) in [4.78, 5) is 27.5. The van der Waals surface area contributed by atoms with Gasteiger partial charge in [0.2, 0.25) is 0 Å². The Kier molecular flexibility index (Phi) is 6.44. The van der Waals surface area contributed by atoms with Crippen LogP contribution in [0.5, 0.6) is 11.5 Å². The molecule has 0 radical (unpaired) electrons. The van der Waals surface area contributed by atoms with Crippen molar-refractivity contribution in [3.05, 3.63) is 59.2 Å². The van der Waals surface area contributed by atoms with E-state index >= 15 is 0 Å². The van der Waals surface area contributed by atoms with E-state index in [0.717, 1.165) is 43.5 Å². The second kappa shape index (κ2) is 9.41. The molecule has 1 aliphatic heterocycles. The molecule has 6 nitrogen and oxygen atoms in total. The van der Waals surface area contributed by atoms with Gasteiger partial charge >= 0.3 is 0 Å². The van der Waals surface area contributed by atoms with Crippen LogP contribution in [0.25, 0.3) is 0 Å². The van der Waals surface area contributed by atoms with Crippen molar-refractivity contribution in [3.8, 4) is 11.5 Å². The van der Waals surface area contributed by atoms with E-state index in [1.807, 2.05) is 48.2 Å². The molecule has 31 heavy (non-hydrogen) atoms. The summed E-state index contributed by atoms with van der Waals surface area (Å²) < 4.78 is 11.3. The van der Waals surface area contributed by atoms with Gasteiger partial charge in [0, 0.05) is 30.6 Å². The van der Waals surface area contributed by atoms with Gasteiger partial charge in [-0.25, -0.2) is 0 Å². The molecule has 0 spiro atoms. The molecule has 6 heteroatoms. The molecule has 4 rings (SSSR count). The molecule has 1 saturated heterocycles. The molecule has 2 aromatic carbocycles. The van der Waals surface area contributed by atoms with Crippen molar-refractivity contribution < 1.29 is 19.1 Å². The van der Waals surface area contributed by atoms with Gasteiger partial charge in [0.05, 0.1) is 19.3 Å². The monoisotopic (exact) mass is 422 g/mol. The predicted octanol–water partition coefficient (Wildman–Crippen LogP) is 3.83. The zero-order valence-corrected chi connectivity index (χ0v) is 18.2. The summed E-state index contributed by atoms with van der Waals surface area (Å²) >= 11 is 0. The average molecular weight is 423 g/mol. The van der Waals surface area contributed by atoms with Gasteiger partial charge in [-0.15, -0.1) is 0 Å². The average Bonchev–Trinajstić information content (AvgIpc) is 3.61. The smallest absolute Gasteiger partial charge is 0.255 e. The van der Waals surface area contributed by atoms with Gasteiger partial charge in [-0.2, -0.15) is 0 Å². The fourth-order valence-corrected chi connectivity index (χ4v) is 4.04. The molecular weight excluding hydrogens is 392 g/mol. The van der Waals surface area contributed by atoms with E-state index in [1.165, 1.54) is 0 Å². The first-order valence-corrected chi connectivity index (χ1v) is 11.0. The van der Waals surface area contributed by atoms with E-state index in [4.69, 9.17) is 9.47 Å². The third-order valence-electron chi connectivity index (χ3n) is 5.99. The molecule has 2 amide bonds. The van der Waals surface area contributed by atoms with Gasteiger partial charge in [0.25, 0.3) is 11.8 Å². The Hall–Kier alpha value is -3.02. The van der Waals surface area contributed by atoms with Crippen LogP contribution in [-0.2, 0) is 0 Å². The maximum absolute atomic E-state index is 13.1. The van der Waals surface area contributed by atoms with Crippen LogP contribution in [0.15, 0.2) is 42.5 Å². The van der Waals surface area contributed by atoms with Crippen LogP contribution in [0.2, 0.25) is 0 Å².